The van der Waals surface area contributed by atoms with Crippen LogP contribution in [0.2, 0.25) is 0 Å². The number of piperidine rings is 1. The Bertz CT molecular complexity index is 578. The summed E-state index contributed by atoms with van der Waals surface area (Å²) in [7, 11) is 0. The van der Waals surface area contributed by atoms with Gasteiger partial charge in [-0.05, 0) is 38.2 Å². The van der Waals surface area contributed by atoms with Crippen molar-refractivity contribution in [3.05, 3.63) is 35.9 Å². The molecule has 25 heavy (non-hydrogen) atoms. The summed E-state index contributed by atoms with van der Waals surface area (Å²) in [6.45, 7) is 7.16. The molecule has 2 unspecified atom stereocenters. The van der Waals surface area contributed by atoms with Gasteiger partial charge in [0, 0.05) is 19.7 Å². The van der Waals surface area contributed by atoms with Gasteiger partial charge in [0.05, 0.1) is 18.8 Å². The third-order valence-electron chi connectivity index (χ3n) is 5.64. The lowest BCUT2D eigenvalue weighted by Gasteiger charge is -2.40. The van der Waals surface area contributed by atoms with Crippen LogP contribution in [0.4, 0.5) is 0 Å². The van der Waals surface area contributed by atoms with Crippen molar-refractivity contribution >= 4 is 0 Å². The van der Waals surface area contributed by atoms with E-state index in [2.05, 4.69) is 17.0 Å². The van der Waals surface area contributed by atoms with Gasteiger partial charge < -0.3 is 19.3 Å². The molecule has 1 aromatic carbocycles. The molecule has 0 bridgehead atoms. The number of hydrogen-bond donors (Lipinski definition) is 1. The Morgan fingerprint density at radius 1 is 1.20 bits per heavy atom. The van der Waals surface area contributed by atoms with Crippen LogP contribution in [0, 0.1) is 5.92 Å². The van der Waals surface area contributed by atoms with E-state index in [-0.39, 0.29) is 24.4 Å². The van der Waals surface area contributed by atoms with Crippen LogP contribution in [0.25, 0.3) is 0 Å². The molecule has 138 valence electrons. The molecule has 0 aromatic heterocycles. The Hall–Kier alpha value is -0.980. The molecule has 5 atom stereocenters. The number of benzene rings is 1. The first-order valence-electron chi connectivity index (χ1n) is 9.41. The summed E-state index contributed by atoms with van der Waals surface area (Å²) in [5.41, 5.74) is 1.20. The Balaban J connectivity index is 1.25. The van der Waals surface area contributed by atoms with Crippen molar-refractivity contribution < 1.29 is 19.3 Å². The Kier molecular flexibility index (Phi) is 4.86. The van der Waals surface area contributed by atoms with Crippen molar-refractivity contribution in [2.24, 2.45) is 5.92 Å². The smallest absolute Gasteiger partial charge is 0.163 e. The molecule has 1 N–H and O–H groups in total. The summed E-state index contributed by atoms with van der Waals surface area (Å²) in [6, 6.07) is 10.3. The lowest BCUT2D eigenvalue weighted by atomic mass is 9.88. The molecule has 3 aliphatic rings. The van der Waals surface area contributed by atoms with Crippen molar-refractivity contribution in [1.29, 1.82) is 0 Å². The zero-order chi connectivity index (χ0) is 17.4. The molecule has 1 aromatic rings. The molecule has 0 radical (unpaired) electrons. The minimum Gasteiger partial charge on any atom is -0.391 e. The average molecular weight is 347 g/mol. The SMILES string of the molecule is CC1(C)OC2CN3C[C@@H](CCOCc4ccccc4)C[C@@H](O)[C@@H]3C2O1. The summed E-state index contributed by atoms with van der Waals surface area (Å²) >= 11 is 0. The molecular formula is C20H29NO4. The van der Waals surface area contributed by atoms with Gasteiger partial charge in [0.2, 0.25) is 0 Å². The minimum atomic E-state index is -0.525. The predicted octanol–water partition coefficient (Wildman–Crippen LogP) is 2.18. The molecule has 3 heterocycles. The number of hydrogen-bond acceptors (Lipinski definition) is 5. The van der Waals surface area contributed by atoms with Crippen molar-refractivity contribution in [3.63, 3.8) is 0 Å². The van der Waals surface area contributed by atoms with Gasteiger partial charge in [0.15, 0.2) is 5.79 Å². The zero-order valence-electron chi connectivity index (χ0n) is 15.1. The van der Waals surface area contributed by atoms with E-state index in [4.69, 9.17) is 14.2 Å². The topological polar surface area (TPSA) is 51.2 Å². The van der Waals surface area contributed by atoms with Gasteiger partial charge in [-0.25, -0.2) is 0 Å². The number of ether oxygens (including phenoxy) is 3. The average Bonchev–Trinajstić information content (AvgIpc) is 3.03. The molecule has 3 fully saturated rings. The molecule has 3 aliphatic heterocycles. The summed E-state index contributed by atoms with van der Waals surface area (Å²) < 4.78 is 17.9. The van der Waals surface area contributed by atoms with Crippen molar-refractivity contribution in [2.75, 3.05) is 19.7 Å². The number of aliphatic hydroxyl groups is 1. The summed E-state index contributed by atoms with van der Waals surface area (Å²) in [4.78, 5) is 2.36. The second-order valence-electron chi connectivity index (χ2n) is 8.08. The highest BCUT2D eigenvalue weighted by molar-refractivity contribution is 5.13. The molecule has 0 saturated carbocycles. The van der Waals surface area contributed by atoms with E-state index in [1.165, 1.54) is 5.56 Å². The Labute approximate surface area is 149 Å². The fourth-order valence-electron chi connectivity index (χ4n) is 4.62. The van der Waals surface area contributed by atoms with Crippen LogP contribution in [0.3, 0.4) is 0 Å². The van der Waals surface area contributed by atoms with Crippen molar-refractivity contribution in [2.45, 2.75) is 63.4 Å². The lowest BCUT2D eigenvalue weighted by Crippen LogP contribution is -2.53. The van der Waals surface area contributed by atoms with Crippen molar-refractivity contribution in [1.82, 2.24) is 4.90 Å². The van der Waals surface area contributed by atoms with Crippen LogP contribution >= 0.6 is 0 Å². The normalized spacial score (nSPS) is 37.0. The quantitative estimate of drug-likeness (QED) is 0.828. The monoisotopic (exact) mass is 347 g/mol. The first-order valence-corrected chi connectivity index (χ1v) is 9.41. The highest BCUT2D eigenvalue weighted by atomic mass is 16.8. The van der Waals surface area contributed by atoms with Crippen LogP contribution in [0.1, 0.15) is 32.3 Å². The van der Waals surface area contributed by atoms with E-state index in [0.717, 1.165) is 32.5 Å². The number of fused-ring (bicyclic) bond motifs is 3. The maximum atomic E-state index is 10.7. The highest BCUT2D eigenvalue weighted by Crippen LogP contribution is 2.41. The van der Waals surface area contributed by atoms with Gasteiger partial charge in [0.25, 0.3) is 0 Å². The van der Waals surface area contributed by atoms with Gasteiger partial charge in [-0.1, -0.05) is 30.3 Å². The second-order valence-corrected chi connectivity index (χ2v) is 8.08. The molecule has 0 amide bonds. The fraction of sp³-hybridized carbons (Fsp3) is 0.700. The van der Waals surface area contributed by atoms with E-state index in [9.17, 15) is 5.11 Å². The lowest BCUT2D eigenvalue weighted by molar-refractivity contribution is -0.172. The highest BCUT2D eigenvalue weighted by Gasteiger charge is 2.56. The number of aliphatic hydroxyl groups excluding tert-OH is 1. The molecule has 4 rings (SSSR count). The van der Waals surface area contributed by atoms with Crippen LogP contribution in [-0.2, 0) is 20.8 Å². The molecule has 0 aliphatic carbocycles. The minimum absolute atomic E-state index is 0.000260. The van der Waals surface area contributed by atoms with Crippen LogP contribution in [0.5, 0.6) is 0 Å². The van der Waals surface area contributed by atoms with Gasteiger partial charge >= 0.3 is 0 Å². The van der Waals surface area contributed by atoms with Gasteiger partial charge in [-0.3, -0.25) is 4.90 Å². The maximum Gasteiger partial charge on any atom is 0.163 e. The molecule has 0 spiro atoms. The summed E-state index contributed by atoms with van der Waals surface area (Å²) in [5.74, 6) is -0.0580. The van der Waals surface area contributed by atoms with E-state index < -0.39 is 5.79 Å². The first kappa shape index (κ1) is 17.4. The third-order valence-corrected chi connectivity index (χ3v) is 5.64. The van der Waals surface area contributed by atoms with Crippen LogP contribution in [-0.4, -0.2) is 59.8 Å². The zero-order valence-corrected chi connectivity index (χ0v) is 15.1. The standard InChI is InChI=1S/C20H29NO4/c1-20(2)24-17-12-21-11-15(10-16(22)18(21)19(17)25-20)8-9-23-13-14-6-4-3-5-7-14/h3-7,15-19,22H,8-13H2,1-2H3/t15-,16+,17?,18+,19?/m0/s1. The van der Waals surface area contributed by atoms with Gasteiger partial charge in [-0.15, -0.1) is 0 Å². The molecule has 5 heteroatoms. The number of nitrogens with zero attached hydrogens (tertiary/aromatic N) is 1. The van der Waals surface area contributed by atoms with Crippen LogP contribution < -0.4 is 0 Å². The van der Waals surface area contributed by atoms with Gasteiger partial charge in [0.1, 0.15) is 12.2 Å². The molecule has 5 nitrogen and oxygen atoms in total. The van der Waals surface area contributed by atoms with Crippen LogP contribution in [0.15, 0.2) is 30.3 Å². The predicted molar refractivity (Wildman–Crippen MR) is 94.0 cm³/mol. The summed E-state index contributed by atoms with van der Waals surface area (Å²) in [5, 5.41) is 10.7. The largest absolute Gasteiger partial charge is 0.391 e. The fourth-order valence-corrected chi connectivity index (χ4v) is 4.62. The van der Waals surface area contributed by atoms with Crippen molar-refractivity contribution in [3.8, 4) is 0 Å². The maximum absolute atomic E-state index is 10.7. The van der Waals surface area contributed by atoms with E-state index in [1.807, 2.05) is 32.0 Å². The third kappa shape index (κ3) is 3.76. The Morgan fingerprint density at radius 3 is 2.80 bits per heavy atom. The second kappa shape index (κ2) is 6.97. The summed E-state index contributed by atoms with van der Waals surface area (Å²) in [6.07, 6.45) is 1.54. The Morgan fingerprint density at radius 2 is 2.00 bits per heavy atom. The van der Waals surface area contributed by atoms with Gasteiger partial charge in [-0.2, -0.15) is 0 Å². The molecular weight excluding hydrogens is 318 g/mol. The molecule has 3 saturated heterocycles. The number of rotatable bonds is 5. The van der Waals surface area contributed by atoms with E-state index in [1.54, 1.807) is 0 Å². The van der Waals surface area contributed by atoms with E-state index >= 15 is 0 Å². The van der Waals surface area contributed by atoms with E-state index in [0.29, 0.717) is 12.5 Å². The first-order chi connectivity index (χ1) is 12.0.